The Hall–Kier alpha value is -2.71. The Labute approximate surface area is 577 Å². The molecule has 5 fully saturated rings. The molecule has 0 unspecified atom stereocenters. The van der Waals surface area contributed by atoms with Crippen LogP contribution in [0.15, 0.2) is 73.2 Å². The maximum atomic E-state index is 4.25. The summed E-state index contributed by atoms with van der Waals surface area (Å²) in [5.74, 6) is 1.93. The number of piperidine rings is 1. The van der Waals surface area contributed by atoms with E-state index in [4.69, 9.17) is 0 Å². The second kappa shape index (κ2) is 59.8. The van der Waals surface area contributed by atoms with E-state index in [0.29, 0.717) is 32.9 Å². The zero-order valence-corrected chi connectivity index (χ0v) is 70.3. The number of rotatable bonds is 1. The molecule has 5 aliphatic rings. The van der Waals surface area contributed by atoms with Gasteiger partial charge < -0.3 is 4.90 Å². The molecular formula is C84H173N7. The number of likely N-dealkylation sites (tertiary alicyclic amines) is 4. The normalized spacial score (nSPS) is 15.6. The highest BCUT2D eigenvalue weighted by Crippen LogP contribution is 2.41. The summed E-state index contributed by atoms with van der Waals surface area (Å²) in [7, 11) is 0. The van der Waals surface area contributed by atoms with Crippen LogP contribution in [-0.4, -0.2) is 110 Å². The number of pyridine rings is 1. The smallest absolute Gasteiger partial charge is 0.133 e. The van der Waals surface area contributed by atoms with Gasteiger partial charge in [0, 0.05) is 58.3 Å². The van der Waals surface area contributed by atoms with Crippen LogP contribution in [0.1, 0.15) is 365 Å². The third-order valence-electron chi connectivity index (χ3n) is 14.7. The standard InChI is InChI=1S/C10H14.2C9H19N.C9H13N.C8H12N2.C8H17N.C8H16.C7H15N.8C2H6/c1-10(2,3)9-7-5-4-6-8-9;1-9(2,3)8-10-6-4-5-7-10;1-9(2,3)10-7-5-4-6-8-10;1-9(2,3)8-6-4-5-7-10-8;1-8(2,3)7-9-5-4-6-10-7;1-8(2,3)9-6-4-5-7-9;1-8(2,3)7-5-4-6-7;1-7(2,3)8-5-4-6-8;8*1-2/h4-8H,1-3H3;2*4-8H2,1-3H3;4-7H,1-3H3;4-6H,1-3H3;4-7H2,1-3H3;7H,4-6H2,1-3H3;4-6H2,1-3H3;8*1-2H3. The highest BCUT2D eigenvalue weighted by Gasteiger charge is 2.30. The molecule has 2 aromatic heterocycles. The van der Waals surface area contributed by atoms with Crippen molar-refractivity contribution in [2.75, 3.05) is 58.9 Å². The van der Waals surface area contributed by atoms with Crippen molar-refractivity contribution in [3.05, 3.63) is 90.3 Å². The summed E-state index contributed by atoms with van der Waals surface area (Å²) in [6, 6.07) is 18.4. The summed E-state index contributed by atoms with van der Waals surface area (Å²) in [6.45, 7) is 97.8. The minimum Gasteiger partial charge on any atom is -0.303 e. The second-order valence-electron chi connectivity index (χ2n) is 30.5. The quantitative estimate of drug-likeness (QED) is 0.241. The number of hydrogen-bond donors (Lipinski definition) is 0. The van der Waals surface area contributed by atoms with E-state index in [-0.39, 0.29) is 10.8 Å². The summed E-state index contributed by atoms with van der Waals surface area (Å²) in [6.07, 6.45) is 21.1. The molecule has 3 aromatic rings. The van der Waals surface area contributed by atoms with Crippen LogP contribution in [-0.2, 0) is 16.2 Å². The highest BCUT2D eigenvalue weighted by atomic mass is 15.2. The molecule has 6 heterocycles. The van der Waals surface area contributed by atoms with E-state index >= 15 is 0 Å². The molecule has 8 rings (SSSR count). The molecule has 7 heteroatoms. The van der Waals surface area contributed by atoms with Gasteiger partial charge in [-0.25, -0.2) is 9.97 Å². The van der Waals surface area contributed by atoms with Gasteiger partial charge in [-0.15, -0.1) is 0 Å². The molecule has 1 aliphatic carbocycles. The maximum Gasteiger partial charge on any atom is 0.133 e. The monoisotopic (exact) mass is 1280 g/mol. The third-order valence-corrected chi connectivity index (χ3v) is 14.7. The topological polar surface area (TPSA) is 51.6 Å². The summed E-state index contributed by atoms with van der Waals surface area (Å²) in [5, 5.41) is 0. The summed E-state index contributed by atoms with van der Waals surface area (Å²) < 4.78 is 0. The van der Waals surface area contributed by atoms with Crippen LogP contribution >= 0.6 is 0 Å². The van der Waals surface area contributed by atoms with Crippen LogP contribution < -0.4 is 0 Å². The van der Waals surface area contributed by atoms with Crippen molar-refractivity contribution in [2.45, 2.75) is 380 Å². The zero-order valence-electron chi connectivity index (χ0n) is 70.3. The fourth-order valence-corrected chi connectivity index (χ4v) is 9.26. The first-order valence-electron chi connectivity index (χ1n) is 38.0. The van der Waals surface area contributed by atoms with Gasteiger partial charge in [-0.2, -0.15) is 0 Å². The van der Waals surface area contributed by atoms with Gasteiger partial charge in [-0.1, -0.05) is 264 Å². The van der Waals surface area contributed by atoms with Crippen molar-refractivity contribution in [2.24, 2.45) is 16.7 Å². The van der Waals surface area contributed by atoms with Crippen LogP contribution in [0.4, 0.5) is 0 Å². The Kier molecular flexibility index (Phi) is 68.5. The predicted molar refractivity (Wildman–Crippen MR) is 423 cm³/mol. The molecule has 0 atom stereocenters. The Morgan fingerprint density at radius 1 is 0.319 bits per heavy atom. The van der Waals surface area contributed by atoms with Gasteiger partial charge in [0.25, 0.3) is 0 Å². The van der Waals surface area contributed by atoms with Crippen LogP contribution in [0.5, 0.6) is 0 Å². The van der Waals surface area contributed by atoms with E-state index in [1.807, 2.05) is 135 Å². The molecule has 1 saturated carbocycles. The highest BCUT2D eigenvalue weighted by molar-refractivity contribution is 5.22. The molecule has 7 nitrogen and oxygen atoms in total. The minimum absolute atomic E-state index is 0.0707. The van der Waals surface area contributed by atoms with Crippen molar-refractivity contribution >= 4 is 0 Å². The molecule has 0 N–H and O–H groups in total. The van der Waals surface area contributed by atoms with Crippen molar-refractivity contribution in [3.63, 3.8) is 0 Å². The molecule has 4 aliphatic heterocycles. The lowest BCUT2D eigenvalue weighted by molar-refractivity contribution is 0.0690. The number of aromatic nitrogens is 3. The van der Waals surface area contributed by atoms with Gasteiger partial charge in [0.1, 0.15) is 5.82 Å². The first kappa shape index (κ1) is 104. The summed E-state index contributed by atoms with van der Waals surface area (Å²) >= 11 is 0. The largest absolute Gasteiger partial charge is 0.303 e. The van der Waals surface area contributed by atoms with Crippen molar-refractivity contribution in [3.8, 4) is 0 Å². The second-order valence-corrected chi connectivity index (χ2v) is 30.5. The van der Waals surface area contributed by atoms with E-state index in [1.165, 1.54) is 135 Å². The Morgan fingerprint density at radius 2 is 0.637 bits per heavy atom. The molecule has 0 radical (unpaired) electrons. The van der Waals surface area contributed by atoms with Gasteiger partial charge in [-0.3, -0.25) is 19.7 Å². The molecule has 0 amide bonds. The maximum absolute atomic E-state index is 4.25. The van der Waals surface area contributed by atoms with Crippen LogP contribution in [0, 0.1) is 16.7 Å². The lowest BCUT2D eigenvalue weighted by atomic mass is 9.69. The Morgan fingerprint density at radius 3 is 0.824 bits per heavy atom. The van der Waals surface area contributed by atoms with Gasteiger partial charge in [0.2, 0.25) is 0 Å². The summed E-state index contributed by atoms with van der Waals surface area (Å²) in [5.41, 5.74) is 5.42. The molecule has 0 bridgehead atoms. The van der Waals surface area contributed by atoms with Gasteiger partial charge in [-0.05, 0) is 218 Å². The zero-order chi connectivity index (χ0) is 73.4. The Bertz CT molecular complexity index is 1690. The first-order valence-corrected chi connectivity index (χ1v) is 38.0. The lowest BCUT2D eigenvalue weighted by Gasteiger charge is -2.42. The van der Waals surface area contributed by atoms with Gasteiger partial charge in [0.05, 0.1) is 0 Å². The fourth-order valence-electron chi connectivity index (χ4n) is 9.26. The SMILES string of the molecule is CC.CC.CC.CC.CC.CC.CC.CC.CC(C)(C)C1CCC1.CC(C)(C)CN1CCCC1.CC(C)(C)N1CCC1.CC(C)(C)N1CCCC1.CC(C)(C)N1CCCCC1.CC(C)(C)c1ccccc1.CC(C)(C)c1ccccn1.CC(C)(C)c1ncccn1. The molecule has 1 aromatic carbocycles. The molecule has 544 valence electrons. The number of nitrogens with zero attached hydrogens (tertiary/aromatic N) is 7. The molecular weight excluding hydrogens is 1110 g/mol. The van der Waals surface area contributed by atoms with E-state index in [0.717, 1.165) is 17.4 Å². The van der Waals surface area contributed by atoms with Crippen molar-refractivity contribution < 1.29 is 0 Å². The molecule has 91 heavy (non-hydrogen) atoms. The van der Waals surface area contributed by atoms with E-state index < -0.39 is 0 Å². The first-order chi connectivity index (χ1) is 42.3. The molecule has 0 spiro atoms. The van der Waals surface area contributed by atoms with E-state index in [9.17, 15) is 0 Å². The van der Waals surface area contributed by atoms with Gasteiger partial charge >= 0.3 is 0 Å². The average Bonchev–Trinajstić information content (AvgIpc) is 4.39. The van der Waals surface area contributed by atoms with Crippen molar-refractivity contribution in [1.82, 2.24) is 34.6 Å². The van der Waals surface area contributed by atoms with Gasteiger partial charge in [0.15, 0.2) is 0 Å². The van der Waals surface area contributed by atoms with Crippen LogP contribution in [0.25, 0.3) is 0 Å². The van der Waals surface area contributed by atoms with Crippen LogP contribution in [0.2, 0.25) is 0 Å². The Balaban J connectivity index is -0.000000140. The molecule has 4 saturated heterocycles. The predicted octanol–water partition coefficient (Wildman–Crippen LogP) is 25.9. The van der Waals surface area contributed by atoms with Crippen molar-refractivity contribution in [1.29, 1.82) is 0 Å². The van der Waals surface area contributed by atoms with Crippen LogP contribution in [0.3, 0.4) is 0 Å². The minimum atomic E-state index is 0.0707. The summed E-state index contributed by atoms with van der Waals surface area (Å²) in [4.78, 5) is 22.7. The third kappa shape index (κ3) is 60.7. The number of benzene rings is 1. The lowest BCUT2D eigenvalue weighted by Crippen LogP contribution is -2.49. The van der Waals surface area contributed by atoms with E-state index in [2.05, 4.69) is 237 Å². The fraction of sp³-hybridized carbons (Fsp3) is 0.821. The van der Waals surface area contributed by atoms with E-state index in [1.54, 1.807) is 12.4 Å². The number of hydrogen-bond acceptors (Lipinski definition) is 7. The average molecular weight is 1280 g/mol.